The molecule has 124 valence electrons. The van der Waals surface area contributed by atoms with Gasteiger partial charge in [-0.3, -0.25) is 4.79 Å². The molecule has 0 aliphatic carbocycles. The van der Waals surface area contributed by atoms with Crippen LogP contribution in [0.3, 0.4) is 0 Å². The van der Waals surface area contributed by atoms with Gasteiger partial charge in [-0.1, -0.05) is 23.7 Å². The van der Waals surface area contributed by atoms with Crippen LogP contribution in [0.25, 0.3) is 11.3 Å². The van der Waals surface area contributed by atoms with Gasteiger partial charge in [-0.15, -0.1) is 0 Å². The molecule has 0 bridgehead atoms. The standard InChI is InChI=1S/C19H13ClFN3O/c20-14-3-1-2-12(8-14)16-10-17(23-11-22-16)19(25)24-7-6-13-9-15(21)4-5-18(13)24/h1-5,8-11H,6-7H2. The highest BCUT2D eigenvalue weighted by atomic mass is 35.5. The minimum absolute atomic E-state index is 0.226. The first-order valence-electron chi connectivity index (χ1n) is 7.80. The van der Waals surface area contributed by atoms with Crippen LogP contribution in [0, 0.1) is 5.82 Å². The molecular formula is C19H13ClFN3O. The van der Waals surface area contributed by atoms with E-state index in [0.717, 1.165) is 16.8 Å². The predicted octanol–water partition coefficient (Wildman–Crippen LogP) is 4.14. The van der Waals surface area contributed by atoms with E-state index < -0.39 is 0 Å². The Labute approximate surface area is 148 Å². The number of rotatable bonds is 2. The van der Waals surface area contributed by atoms with E-state index in [1.807, 2.05) is 12.1 Å². The van der Waals surface area contributed by atoms with Gasteiger partial charge in [0.25, 0.3) is 5.91 Å². The number of hydrogen-bond donors (Lipinski definition) is 0. The van der Waals surface area contributed by atoms with E-state index in [0.29, 0.717) is 29.4 Å². The molecule has 0 radical (unpaired) electrons. The predicted molar refractivity (Wildman–Crippen MR) is 94.3 cm³/mol. The van der Waals surface area contributed by atoms with Gasteiger partial charge in [0.15, 0.2) is 0 Å². The summed E-state index contributed by atoms with van der Waals surface area (Å²) in [7, 11) is 0. The number of hydrogen-bond acceptors (Lipinski definition) is 3. The molecule has 0 spiro atoms. The van der Waals surface area contributed by atoms with Gasteiger partial charge < -0.3 is 4.90 Å². The lowest BCUT2D eigenvalue weighted by molar-refractivity contribution is 0.0984. The van der Waals surface area contributed by atoms with Crippen molar-refractivity contribution in [2.24, 2.45) is 0 Å². The van der Waals surface area contributed by atoms with Crippen LogP contribution in [0.2, 0.25) is 5.02 Å². The number of carbonyl (C=O) groups excluding carboxylic acids is 1. The van der Waals surface area contributed by atoms with Gasteiger partial charge >= 0.3 is 0 Å². The average molecular weight is 354 g/mol. The number of halogens is 2. The SMILES string of the molecule is O=C(c1cc(-c2cccc(Cl)c2)ncn1)N1CCc2cc(F)ccc21. The largest absolute Gasteiger partial charge is 0.306 e. The highest BCUT2D eigenvalue weighted by Gasteiger charge is 2.27. The zero-order valence-corrected chi connectivity index (χ0v) is 13.9. The summed E-state index contributed by atoms with van der Waals surface area (Å²) in [6, 6.07) is 13.4. The molecule has 4 nitrogen and oxygen atoms in total. The molecule has 6 heteroatoms. The lowest BCUT2D eigenvalue weighted by atomic mass is 10.1. The molecule has 2 heterocycles. The molecule has 3 aromatic rings. The summed E-state index contributed by atoms with van der Waals surface area (Å²) in [6.07, 6.45) is 2.00. The molecule has 25 heavy (non-hydrogen) atoms. The van der Waals surface area contributed by atoms with Crippen molar-refractivity contribution in [3.63, 3.8) is 0 Å². The molecule has 0 atom stereocenters. The number of benzene rings is 2. The normalized spacial score (nSPS) is 13.0. The van der Waals surface area contributed by atoms with Crippen LogP contribution >= 0.6 is 11.6 Å². The summed E-state index contributed by atoms with van der Waals surface area (Å²) in [5.41, 5.74) is 3.29. The third kappa shape index (κ3) is 2.98. The third-order valence-electron chi connectivity index (χ3n) is 4.19. The number of amides is 1. The smallest absolute Gasteiger partial charge is 0.277 e. The Kier molecular flexibility index (Phi) is 3.93. The van der Waals surface area contributed by atoms with Gasteiger partial charge in [-0.25, -0.2) is 14.4 Å². The molecule has 0 unspecified atom stereocenters. The third-order valence-corrected chi connectivity index (χ3v) is 4.42. The van der Waals surface area contributed by atoms with Crippen molar-refractivity contribution in [3.8, 4) is 11.3 Å². The Morgan fingerprint density at radius 1 is 1.12 bits per heavy atom. The zero-order chi connectivity index (χ0) is 17.4. The second-order valence-electron chi connectivity index (χ2n) is 5.78. The van der Waals surface area contributed by atoms with Crippen LogP contribution in [-0.2, 0) is 6.42 Å². The summed E-state index contributed by atoms with van der Waals surface area (Å²) >= 11 is 6.02. The maximum Gasteiger partial charge on any atom is 0.277 e. The number of fused-ring (bicyclic) bond motifs is 1. The monoisotopic (exact) mass is 353 g/mol. The van der Waals surface area contributed by atoms with E-state index >= 15 is 0 Å². The minimum Gasteiger partial charge on any atom is -0.306 e. The van der Waals surface area contributed by atoms with Crippen LogP contribution in [0.15, 0.2) is 54.9 Å². The van der Waals surface area contributed by atoms with Crippen molar-refractivity contribution >= 4 is 23.2 Å². The van der Waals surface area contributed by atoms with Crippen molar-refractivity contribution in [3.05, 3.63) is 77.0 Å². The van der Waals surface area contributed by atoms with Crippen LogP contribution in [-0.4, -0.2) is 22.4 Å². The van der Waals surface area contributed by atoms with Crippen LogP contribution in [0.5, 0.6) is 0 Å². The van der Waals surface area contributed by atoms with E-state index in [1.54, 1.807) is 29.2 Å². The van der Waals surface area contributed by atoms with Crippen LogP contribution < -0.4 is 4.90 Å². The van der Waals surface area contributed by atoms with Crippen molar-refractivity contribution < 1.29 is 9.18 Å². The Balaban J connectivity index is 1.67. The minimum atomic E-state index is -0.293. The first-order valence-corrected chi connectivity index (χ1v) is 8.18. The van der Waals surface area contributed by atoms with E-state index in [1.165, 1.54) is 18.5 Å². The lowest BCUT2D eigenvalue weighted by Gasteiger charge is -2.17. The summed E-state index contributed by atoms with van der Waals surface area (Å²) < 4.78 is 13.4. The molecule has 2 aromatic carbocycles. The molecule has 1 aliphatic heterocycles. The Hall–Kier alpha value is -2.79. The van der Waals surface area contributed by atoms with E-state index in [2.05, 4.69) is 9.97 Å². The molecular weight excluding hydrogens is 341 g/mol. The summed E-state index contributed by atoms with van der Waals surface area (Å²) in [5, 5.41) is 0.597. The summed E-state index contributed by atoms with van der Waals surface area (Å²) in [4.78, 5) is 22.8. The maximum atomic E-state index is 13.4. The Morgan fingerprint density at radius 2 is 2.00 bits per heavy atom. The second kappa shape index (κ2) is 6.26. The highest BCUT2D eigenvalue weighted by Crippen LogP contribution is 2.30. The van der Waals surface area contributed by atoms with Crippen LogP contribution in [0.4, 0.5) is 10.1 Å². The average Bonchev–Trinajstić information content (AvgIpc) is 3.04. The molecule has 4 rings (SSSR count). The molecule has 1 aromatic heterocycles. The van der Waals surface area contributed by atoms with Gasteiger partial charge in [0, 0.05) is 22.8 Å². The molecule has 1 aliphatic rings. The first-order chi connectivity index (χ1) is 12.1. The number of anilines is 1. The fourth-order valence-electron chi connectivity index (χ4n) is 3.00. The van der Waals surface area contributed by atoms with Crippen molar-refractivity contribution in [1.82, 2.24) is 9.97 Å². The summed E-state index contributed by atoms with van der Waals surface area (Å²) in [6.45, 7) is 0.508. The number of nitrogens with zero attached hydrogens (tertiary/aromatic N) is 3. The molecule has 1 amide bonds. The van der Waals surface area contributed by atoms with Crippen molar-refractivity contribution in [1.29, 1.82) is 0 Å². The Morgan fingerprint density at radius 3 is 2.84 bits per heavy atom. The topological polar surface area (TPSA) is 46.1 Å². The lowest BCUT2D eigenvalue weighted by Crippen LogP contribution is -2.29. The molecule has 0 fully saturated rings. The van der Waals surface area contributed by atoms with Gasteiger partial charge in [-0.2, -0.15) is 0 Å². The van der Waals surface area contributed by atoms with Gasteiger partial charge in [0.05, 0.1) is 5.69 Å². The highest BCUT2D eigenvalue weighted by molar-refractivity contribution is 6.30. The van der Waals surface area contributed by atoms with Gasteiger partial charge in [-0.05, 0) is 48.4 Å². The van der Waals surface area contributed by atoms with Gasteiger partial charge in [0.1, 0.15) is 17.8 Å². The van der Waals surface area contributed by atoms with E-state index in [4.69, 9.17) is 11.6 Å². The molecule has 0 N–H and O–H groups in total. The van der Waals surface area contributed by atoms with Crippen molar-refractivity contribution in [2.75, 3.05) is 11.4 Å². The number of aromatic nitrogens is 2. The zero-order valence-electron chi connectivity index (χ0n) is 13.1. The van der Waals surface area contributed by atoms with Crippen molar-refractivity contribution in [2.45, 2.75) is 6.42 Å². The first kappa shape index (κ1) is 15.7. The fraction of sp³-hybridized carbons (Fsp3) is 0.105. The maximum absolute atomic E-state index is 13.4. The quantitative estimate of drug-likeness (QED) is 0.695. The van der Waals surface area contributed by atoms with E-state index in [9.17, 15) is 9.18 Å². The van der Waals surface area contributed by atoms with E-state index in [-0.39, 0.29) is 11.7 Å². The molecule has 0 saturated carbocycles. The van der Waals surface area contributed by atoms with Crippen LogP contribution in [0.1, 0.15) is 16.1 Å². The fourth-order valence-corrected chi connectivity index (χ4v) is 3.19. The van der Waals surface area contributed by atoms with Gasteiger partial charge in [0.2, 0.25) is 0 Å². The molecule has 0 saturated heterocycles. The summed E-state index contributed by atoms with van der Waals surface area (Å²) in [5.74, 6) is -0.519. The second-order valence-corrected chi connectivity index (χ2v) is 6.22. The Bertz CT molecular complexity index is 976. The number of carbonyl (C=O) groups is 1.